The highest BCUT2D eigenvalue weighted by molar-refractivity contribution is 9.10. The molecular weight excluding hydrogens is 401 g/mol. The van der Waals surface area contributed by atoms with Crippen molar-refractivity contribution in [1.29, 1.82) is 0 Å². The summed E-state index contributed by atoms with van der Waals surface area (Å²) < 4.78 is 44.1. The molecule has 0 spiro atoms. The van der Waals surface area contributed by atoms with Crippen molar-refractivity contribution in [2.24, 2.45) is 5.10 Å². The van der Waals surface area contributed by atoms with Gasteiger partial charge >= 0.3 is 6.18 Å². The molecule has 2 rings (SSSR count). The molecule has 25 heavy (non-hydrogen) atoms. The number of carbonyl (C=O) groups excluding carboxylic acids is 1. The summed E-state index contributed by atoms with van der Waals surface area (Å²) in [6.45, 7) is 1.54. The second-order valence-electron chi connectivity index (χ2n) is 5.05. The van der Waals surface area contributed by atoms with Crippen molar-refractivity contribution in [3.8, 4) is 5.75 Å². The first kappa shape index (κ1) is 19.0. The Hall–Kier alpha value is -2.35. The fraction of sp³-hybridized carbons (Fsp3) is 0.176. The highest BCUT2D eigenvalue weighted by atomic mass is 79.9. The van der Waals surface area contributed by atoms with Gasteiger partial charge in [0.2, 0.25) is 0 Å². The van der Waals surface area contributed by atoms with Crippen LogP contribution in [0.4, 0.5) is 13.2 Å². The molecule has 2 aromatic rings. The molecule has 0 fully saturated rings. The van der Waals surface area contributed by atoms with Crippen molar-refractivity contribution in [3.05, 3.63) is 64.1 Å². The number of hydrogen-bond donors (Lipinski definition) is 1. The average Bonchev–Trinajstić information content (AvgIpc) is 2.56. The van der Waals surface area contributed by atoms with Gasteiger partial charge in [-0.2, -0.15) is 18.3 Å². The third-order valence-corrected chi connectivity index (χ3v) is 3.77. The number of halogens is 4. The van der Waals surface area contributed by atoms with Gasteiger partial charge in [0.15, 0.2) is 6.10 Å². The first-order valence-corrected chi connectivity index (χ1v) is 7.98. The molecule has 4 nitrogen and oxygen atoms in total. The number of carbonyl (C=O) groups is 1. The number of hydrogen-bond acceptors (Lipinski definition) is 3. The minimum absolute atomic E-state index is 0.217. The van der Waals surface area contributed by atoms with E-state index in [9.17, 15) is 18.0 Å². The molecule has 0 aliphatic rings. The summed E-state index contributed by atoms with van der Waals surface area (Å²) in [5, 5.41) is 3.67. The van der Waals surface area contributed by atoms with Gasteiger partial charge in [-0.05, 0) is 52.7 Å². The highest BCUT2D eigenvalue weighted by Crippen LogP contribution is 2.29. The molecular formula is C17H14BrF3N2O2. The topological polar surface area (TPSA) is 50.7 Å². The highest BCUT2D eigenvalue weighted by Gasteiger charge is 2.30. The smallest absolute Gasteiger partial charge is 0.416 e. The number of nitrogens with one attached hydrogen (secondary N) is 1. The van der Waals surface area contributed by atoms with E-state index in [1.54, 1.807) is 24.3 Å². The maximum Gasteiger partial charge on any atom is 0.416 e. The third-order valence-electron chi connectivity index (χ3n) is 3.11. The van der Waals surface area contributed by atoms with Crippen molar-refractivity contribution in [2.75, 3.05) is 0 Å². The Morgan fingerprint density at radius 2 is 1.96 bits per heavy atom. The van der Waals surface area contributed by atoms with Gasteiger partial charge in [-0.15, -0.1) is 0 Å². The zero-order chi connectivity index (χ0) is 18.4. The quantitative estimate of drug-likeness (QED) is 0.582. The number of alkyl halides is 3. The summed E-state index contributed by atoms with van der Waals surface area (Å²) in [6.07, 6.45) is -4.13. The van der Waals surface area contributed by atoms with Crippen LogP contribution in [0.3, 0.4) is 0 Å². The molecule has 0 heterocycles. The first-order valence-electron chi connectivity index (χ1n) is 7.19. The molecule has 8 heteroatoms. The summed E-state index contributed by atoms with van der Waals surface area (Å²) >= 11 is 3.30. The van der Waals surface area contributed by atoms with Crippen LogP contribution >= 0.6 is 15.9 Å². The van der Waals surface area contributed by atoms with E-state index in [1.807, 2.05) is 0 Å². The van der Waals surface area contributed by atoms with Gasteiger partial charge in [0.25, 0.3) is 5.91 Å². The number of amides is 1. The molecule has 0 saturated carbocycles. The number of para-hydroxylation sites is 1. The zero-order valence-corrected chi connectivity index (χ0v) is 14.6. The third kappa shape index (κ3) is 5.60. The lowest BCUT2D eigenvalue weighted by molar-refractivity contribution is -0.137. The lowest BCUT2D eigenvalue weighted by Gasteiger charge is -2.13. The van der Waals surface area contributed by atoms with E-state index in [0.29, 0.717) is 10.2 Å². The van der Waals surface area contributed by atoms with E-state index in [-0.39, 0.29) is 5.56 Å². The second kappa shape index (κ2) is 8.15. The predicted octanol–water partition coefficient (Wildman–Crippen LogP) is 4.39. The Morgan fingerprint density at radius 1 is 1.24 bits per heavy atom. The van der Waals surface area contributed by atoms with Crippen molar-refractivity contribution in [2.45, 2.75) is 19.2 Å². The summed E-state index contributed by atoms with van der Waals surface area (Å²) in [5.41, 5.74) is 1.67. The van der Waals surface area contributed by atoms with Gasteiger partial charge < -0.3 is 4.74 Å². The molecule has 0 bridgehead atoms. The maximum absolute atomic E-state index is 12.6. The summed E-state index contributed by atoms with van der Waals surface area (Å²) in [5.74, 6) is -0.0361. The van der Waals surface area contributed by atoms with E-state index in [1.165, 1.54) is 19.1 Å². The van der Waals surface area contributed by atoms with Crippen molar-refractivity contribution >= 4 is 28.1 Å². The number of nitrogens with zero attached hydrogens (tertiary/aromatic N) is 1. The van der Waals surface area contributed by atoms with Crippen LogP contribution in [0.2, 0.25) is 0 Å². The molecule has 1 atom stereocenters. The van der Waals surface area contributed by atoms with Crippen LogP contribution < -0.4 is 10.2 Å². The minimum atomic E-state index is -4.43. The molecule has 2 aromatic carbocycles. The number of rotatable bonds is 5. The van der Waals surface area contributed by atoms with Gasteiger partial charge in [-0.3, -0.25) is 4.79 Å². The molecule has 1 N–H and O–H groups in total. The lowest BCUT2D eigenvalue weighted by atomic mass is 10.1. The summed E-state index contributed by atoms with van der Waals surface area (Å²) in [6, 6.07) is 11.7. The van der Waals surface area contributed by atoms with Crippen LogP contribution in [0.15, 0.2) is 58.1 Å². The van der Waals surface area contributed by atoms with Crippen LogP contribution in [0, 0.1) is 0 Å². The van der Waals surface area contributed by atoms with E-state index in [0.717, 1.165) is 18.3 Å². The number of hydrazone groups is 1. The fourth-order valence-electron chi connectivity index (χ4n) is 1.84. The van der Waals surface area contributed by atoms with Crippen molar-refractivity contribution in [1.82, 2.24) is 5.43 Å². The van der Waals surface area contributed by atoms with Crippen LogP contribution in [-0.2, 0) is 11.0 Å². The van der Waals surface area contributed by atoms with Gasteiger partial charge in [-0.25, -0.2) is 5.43 Å². The molecule has 132 valence electrons. The van der Waals surface area contributed by atoms with Crippen molar-refractivity contribution in [3.63, 3.8) is 0 Å². The zero-order valence-electron chi connectivity index (χ0n) is 13.0. The van der Waals surface area contributed by atoms with E-state index in [2.05, 4.69) is 26.5 Å². The second-order valence-corrected chi connectivity index (χ2v) is 5.90. The van der Waals surface area contributed by atoms with E-state index < -0.39 is 23.8 Å². The van der Waals surface area contributed by atoms with Gasteiger partial charge in [0.1, 0.15) is 5.75 Å². The molecule has 0 aliphatic heterocycles. The molecule has 0 saturated heterocycles. The largest absolute Gasteiger partial charge is 0.480 e. The van der Waals surface area contributed by atoms with Crippen LogP contribution in [0.25, 0.3) is 0 Å². The number of ether oxygens (including phenoxy) is 1. The van der Waals surface area contributed by atoms with Crippen molar-refractivity contribution < 1.29 is 22.7 Å². The lowest BCUT2D eigenvalue weighted by Crippen LogP contribution is -2.33. The molecule has 1 unspecified atom stereocenters. The normalized spacial score (nSPS) is 12.8. The Labute approximate surface area is 150 Å². The summed E-state index contributed by atoms with van der Waals surface area (Å²) in [4.78, 5) is 11.9. The average molecular weight is 415 g/mol. The predicted molar refractivity (Wildman–Crippen MR) is 91.4 cm³/mol. The monoisotopic (exact) mass is 414 g/mol. The van der Waals surface area contributed by atoms with E-state index in [4.69, 9.17) is 4.74 Å². The van der Waals surface area contributed by atoms with Crippen LogP contribution in [0.1, 0.15) is 18.1 Å². The van der Waals surface area contributed by atoms with Crippen LogP contribution in [-0.4, -0.2) is 18.2 Å². The molecule has 1 amide bonds. The maximum atomic E-state index is 12.6. The Kier molecular flexibility index (Phi) is 6.19. The SMILES string of the molecule is CC(Oc1ccccc1Br)C(=O)N/N=C/c1cccc(C(F)(F)F)c1. The molecule has 0 aliphatic carbocycles. The first-order chi connectivity index (χ1) is 11.8. The Bertz CT molecular complexity index is 778. The minimum Gasteiger partial charge on any atom is -0.480 e. The number of benzene rings is 2. The Morgan fingerprint density at radius 3 is 2.64 bits per heavy atom. The van der Waals surface area contributed by atoms with Gasteiger partial charge in [-0.1, -0.05) is 24.3 Å². The van der Waals surface area contributed by atoms with Gasteiger partial charge in [0, 0.05) is 0 Å². The summed E-state index contributed by atoms with van der Waals surface area (Å²) in [7, 11) is 0. The van der Waals surface area contributed by atoms with Gasteiger partial charge in [0.05, 0.1) is 16.3 Å². The standard InChI is InChI=1S/C17H14BrF3N2O2/c1-11(25-15-8-3-2-7-14(15)18)16(24)23-22-10-12-5-4-6-13(9-12)17(19,20)21/h2-11H,1H3,(H,23,24)/b22-10+. The molecule has 0 radical (unpaired) electrons. The molecule has 0 aromatic heterocycles. The fourth-order valence-corrected chi connectivity index (χ4v) is 2.22. The Balaban J connectivity index is 1.95. The van der Waals surface area contributed by atoms with E-state index >= 15 is 0 Å². The van der Waals surface area contributed by atoms with Crippen LogP contribution in [0.5, 0.6) is 5.75 Å².